The molecule has 2 N–H and O–H groups in total. The third-order valence-corrected chi connectivity index (χ3v) is 6.85. The Morgan fingerprint density at radius 2 is 1.71 bits per heavy atom. The number of nitrogens with one attached hydrogen (secondary N) is 2. The first-order valence-corrected chi connectivity index (χ1v) is 12.6. The molecule has 2 amide bonds. The Labute approximate surface area is 190 Å². The zero-order chi connectivity index (χ0) is 22.9. The fourth-order valence-corrected chi connectivity index (χ4v) is 4.74. The van der Waals surface area contributed by atoms with E-state index < -0.39 is 6.04 Å². The van der Waals surface area contributed by atoms with Crippen molar-refractivity contribution in [1.29, 1.82) is 0 Å². The molecule has 2 aliphatic heterocycles. The van der Waals surface area contributed by atoms with Crippen LogP contribution in [0.25, 0.3) is 0 Å². The van der Waals surface area contributed by atoms with Gasteiger partial charge in [-0.2, -0.15) is 0 Å². The van der Waals surface area contributed by atoms with Crippen LogP contribution < -0.4 is 10.6 Å². The summed E-state index contributed by atoms with van der Waals surface area (Å²) >= 11 is 0. The largest absolute Gasteiger partial charge is 0.379 e. The first-order valence-electron chi connectivity index (χ1n) is 12.6. The number of piperidine rings is 1. The molecule has 2 aliphatic rings. The number of hydrogen-bond donors (Lipinski definition) is 2. The highest BCUT2D eigenvalue weighted by Gasteiger charge is 2.42. The summed E-state index contributed by atoms with van der Waals surface area (Å²) in [5.74, 6) is 1.04. The summed E-state index contributed by atoms with van der Waals surface area (Å²) in [6, 6.07) is -0.533. The fraction of sp³-hybridized carbons (Fsp3) is 0.920. The van der Waals surface area contributed by atoms with E-state index in [9.17, 15) is 9.59 Å². The van der Waals surface area contributed by atoms with Crippen molar-refractivity contribution in [3.8, 4) is 0 Å². The molecule has 2 heterocycles. The molecule has 0 unspecified atom stereocenters. The molecule has 2 fully saturated rings. The van der Waals surface area contributed by atoms with E-state index in [1.807, 2.05) is 6.92 Å². The van der Waals surface area contributed by atoms with E-state index in [1.165, 1.54) is 6.42 Å². The summed E-state index contributed by atoms with van der Waals surface area (Å²) in [6.07, 6.45) is 7.68. The molecule has 180 valence electrons. The summed E-state index contributed by atoms with van der Waals surface area (Å²) in [7, 11) is 0. The molecule has 6 heteroatoms. The van der Waals surface area contributed by atoms with Gasteiger partial charge in [0.25, 0.3) is 0 Å². The Bertz CT molecular complexity index is 556. The van der Waals surface area contributed by atoms with Crippen molar-refractivity contribution in [3.63, 3.8) is 0 Å². The van der Waals surface area contributed by atoms with Crippen LogP contribution in [0.4, 0.5) is 0 Å². The Balaban J connectivity index is 2.12. The van der Waals surface area contributed by atoms with Gasteiger partial charge in [0.2, 0.25) is 11.8 Å². The zero-order valence-corrected chi connectivity index (χ0v) is 20.7. The predicted octanol–water partition coefficient (Wildman–Crippen LogP) is 3.74. The first-order chi connectivity index (χ1) is 14.7. The molecular formula is C25H47N3O3. The number of carbonyl (C=O) groups is 2. The number of likely N-dealkylation sites (tertiary alicyclic amines) is 1. The van der Waals surface area contributed by atoms with Crippen LogP contribution in [0.2, 0.25) is 0 Å². The van der Waals surface area contributed by atoms with Crippen molar-refractivity contribution < 1.29 is 14.3 Å². The number of amides is 2. The third-order valence-electron chi connectivity index (χ3n) is 6.85. The lowest BCUT2D eigenvalue weighted by molar-refractivity contribution is -0.139. The maximum atomic E-state index is 13.6. The monoisotopic (exact) mass is 437 g/mol. The second-order valence-electron chi connectivity index (χ2n) is 10.8. The number of carbonyl (C=O) groups excluding carboxylic acids is 2. The maximum Gasteiger partial charge on any atom is 0.242 e. The van der Waals surface area contributed by atoms with Crippen molar-refractivity contribution >= 4 is 11.8 Å². The maximum absolute atomic E-state index is 13.6. The highest BCUT2D eigenvalue weighted by Crippen LogP contribution is 2.37. The van der Waals surface area contributed by atoms with Crippen molar-refractivity contribution in [2.24, 2.45) is 17.3 Å². The van der Waals surface area contributed by atoms with Crippen LogP contribution in [-0.2, 0) is 14.3 Å². The molecule has 2 rings (SSSR count). The van der Waals surface area contributed by atoms with E-state index in [2.05, 4.69) is 43.2 Å². The summed E-state index contributed by atoms with van der Waals surface area (Å²) < 4.78 is 5.76. The minimum absolute atomic E-state index is 0.0554. The molecule has 6 nitrogen and oxygen atoms in total. The second-order valence-corrected chi connectivity index (χ2v) is 10.8. The van der Waals surface area contributed by atoms with Crippen LogP contribution in [0.15, 0.2) is 0 Å². The smallest absolute Gasteiger partial charge is 0.242 e. The molecule has 0 aromatic heterocycles. The van der Waals surface area contributed by atoms with Crippen molar-refractivity contribution in [3.05, 3.63) is 0 Å². The van der Waals surface area contributed by atoms with E-state index in [0.717, 1.165) is 64.8 Å². The Hall–Kier alpha value is -1.14. The molecule has 0 aromatic rings. The predicted molar refractivity (Wildman–Crippen MR) is 126 cm³/mol. The van der Waals surface area contributed by atoms with Crippen molar-refractivity contribution in [2.45, 2.75) is 98.1 Å². The summed E-state index contributed by atoms with van der Waals surface area (Å²) in [5, 5.41) is 6.24. The molecule has 0 radical (unpaired) electrons. The molecule has 0 aromatic carbocycles. The topological polar surface area (TPSA) is 70.7 Å². The molecule has 0 saturated carbocycles. The molecule has 2 atom stereocenters. The number of rotatable bonds is 5. The highest BCUT2D eigenvalue weighted by molar-refractivity contribution is 5.90. The van der Waals surface area contributed by atoms with Crippen LogP contribution in [0.1, 0.15) is 86.0 Å². The lowest BCUT2D eigenvalue weighted by atomic mass is 9.73. The van der Waals surface area contributed by atoms with Gasteiger partial charge >= 0.3 is 0 Å². The summed E-state index contributed by atoms with van der Waals surface area (Å²) in [6.45, 7) is 15.0. The van der Waals surface area contributed by atoms with Gasteiger partial charge in [0.1, 0.15) is 6.04 Å². The van der Waals surface area contributed by atoms with Gasteiger partial charge in [-0.15, -0.1) is 0 Å². The lowest BCUT2D eigenvalue weighted by Gasteiger charge is -2.42. The van der Waals surface area contributed by atoms with Crippen molar-refractivity contribution in [1.82, 2.24) is 15.5 Å². The van der Waals surface area contributed by atoms with Gasteiger partial charge in [-0.25, -0.2) is 0 Å². The van der Waals surface area contributed by atoms with E-state index >= 15 is 0 Å². The molecule has 31 heavy (non-hydrogen) atoms. The van der Waals surface area contributed by atoms with E-state index in [-0.39, 0.29) is 23.3 Å². The third kappa shape index (κ3) is 8.72. The first kappa shape index (κ1) is 26.1. The molecule has 0 bridgehead atoms. The van der Waals surface area contributed by atoms with Crippen LogP contribution in [0.3, 0.4) is 0 Å². The average molecular weight is 438 g/mol. The van der Waals surface area contributed by atoms with Gasteiger partial charge in [0.05, 0.1) is 12.0 Å². The van der Waals surface area contributed by atoms with Gasteiger partial charge in [0, 0.05) is 12.6 Å². The van der Waals surface area contributed by atoms with E-state index in [4.69, 9.17) is 4.74 Å². The Kier molecular flexibility index (Phi) is 10.8. The van der Waals surface area contributed by atoms with Gasteiger partial charge in [0.15, 0.2) is 0 Å². The fourth-order valence-electron chi connectivity index (χ4n) is 4.74. The van der Waals surface area contributed by atoms with Crippen molar-refractivity contribution in [2.75, 3.05) is 32.8 Å². The molecular weight excluding hydrogens is 390 g/mol. The molecule has 2 saturated heterocycles. The molecule has 1 spiro atoms. The van der Waals surface area contributed by atoms with Crippen LogP contribution in [0, 0.1) is 17.3 Å². The van der Waals surface area contributed by atoms with Gasteiger partial charge in [-0.3, -0.25) is 9.59 Å². The SMILES string of the molecule is CC(C)CCN1CCC2(CCCCCOC[C@@H](C)NC(=O)[C@H](CC(C)C)NC2=O)CC1. The number of hydrogen-bond acceptors (Lipinski definition) is 4. The number of nitrogens with zero attached hydrogens (tertiary/aromatic N) is 1. The minimum atomic E-state index is -0.478. The van der Waals surface area contributed by atoms with Crippen LogP contribution in [0.5, 0.6) is 0 Å². The Morgan fingerprint density at radius 3 is 2.35 bits per heavy atom. The summed E-state index contributed by atoms with van der Waals surface area (Å²) in [4.78, 5) is 29.1. The van der Waals surface area contributed by atoms with Gasteiger partial charge in [-0.05, 0) is 76.9 Å². The standard InChI is InChI=1S/C25H47N3O3/c1-19(2)9-13-28-14-11-25(12-15-28)10-7-6-8-16-31-18-21(5)26-23(29)22(17-20(3)4)27-24(25)30/h19-22H,6-18H2,1-5H3,(H,26,29)(H,27,30)/t21-,22+/m1/s1. The summed E-state index contributed by atoms with van der Waals surface area (Å²) in [5.41, 5.74) is -0.347. The second kappa shape index (κ2) is 12.8. The quantitative estimate of drug-likeness (QED) is 0.687. The van der Waals surface area contributed by atoms with E-state index in [0.29, 0.717) is 24.9 Å². The van der Waals surface area contributed by atoms with E-state index in [1.54, 1.807) is 0 Å². The highest BCUT2D eigenvalue weighted by atomic mass is 16.5. The Morgan fingerprint density at radius 1 is 1.00 bits per heavy atom. The number of ether oxygens (including phenoxy) is 1. The van der Waals surface area contributed by atoms with Gasteiger partial charge < -0.3 is 20.3 Å². The normalized spacial score (nSPS) is 27.2. The zero-order valence-electron chi connectivity index (χ0n) is 20.7. The van der Waals surface area contributed by atoms with Crippen LogP contribution in [-0.4, -0.2) is 61.6 Å². The lowest BCUT2D eigenvalue weighted by Crippen LogP contribution is -2.56. The minimum Gasteiger partial charge on any atom is -0.379 e. The molecule has 0 aliphatic carbocycles. The van der Waals surface area contributed by atoms with Crippen LogP contribution >= 0.6 is 0 Å². The van der Waals surface area contributed by atoms with Gasteiger partial charge in [-0.1, -0.05) is 40.5 Å². The average Bonchev–Trinajstić information content (AvgIpc) is 2.70.